The topological polar surface area (TPSA) is 78.9 Å². The van der Waals surface area contributed by atoms with Crippen LogP contribution in [0.3, 0.4) is 0 Å². The number of allylic oxidation sites excluding steroid dienone is 6. The number of carbonyl (C=O) groups is 3. The molecule has 0 amide bonds. The molecule has 0 aromatic heterocycles. The first-order chi connectivity index (χ1) is 36.5. The van der Waals surface area contributed by atoms with Gasteiger partial charge in [-0.3, -0.25) is 14.4 Å². The van der Waals surface area contributed by atoms with Crippen molar-refractivity contribution < 1.29 is 28.6 Å². The summed E-state index contributed by atoms with van der Waals surface area (Å²) in [5, 5.41) is 0. The molecule has 0 aliphatic carbocycles. The van der Waals surface area contributed by atoms with E-state index in [0.29, 0.717) is 19.3 Å². The summed E-state index contributed by atoms with van der Waals surface area (Å²) >= 11 is 0. The molecule has 1 unspecified atom stereocenters. The van der Waals surface area contributed by atoms with Crippen molar-refractivity contribution in [1.82, 2.24) is 0 Å². The molecule has 0 N–H and O–H groups in total. The van der Waals surface area contributed by atoms with Crippen molar-refractivity contribution in [2.45, 2.75) is 367 Å². The summed E-state index contributed by atoms with van der Waals surface area (Å²) in [6.45, 7) is 6.67. The largest absolute Gasteiger partial charge is 0.462 e. The van der Waals surface area contributed by atoms with Crippen LogP contribution in [0.2, 0.25) is 0 Å². The molecule has 0 spiro atoms. The maximum atomic E-state index is 12.9. The third kappa shape index (κ3) is 60.5. The van der Waals surface area contributed by atoms with Crippen LogP contribution in [0.1, 0.15) is 361 Å². The van der Waals surface area contributed by atoms with E-state index in [1.807, 2.05) is 0 Å². The molecule has 6 nitrogen and oxygen atoms in total. The quantitative estimate of drug-likeness (QED) is 0.0261. The van der Waals surface area contributed by atoms with Gasteiger partial charge in [0.15, 0.2) is 6.10 Å². The number of carbonyl (C=O) groups excluding carboxylic acids is 3. The van der Waals surface area contributed by atoms with Crippen LogP contribution in [0.15, 0.2) is 36.5 Å². The minimum atomic E-state index is -0.776. The van der Waals surface area contributed by atoms with Crippen LogP contribution in [0.25, 0.3) is 0 Å². The molecule has 0 rings (SSSR count). The molecule has 0 aromatic rings. The Kier molecular flexibility index (Phi) is 61.1. The Balaban J connectivity index is 4.21. The molecule has 0 saturated heterocycles. The molecule has 0 heterocycles. The van der Waals surface area contributed by atoms with Crippen LogP contribution in [0.5, 0.6) is 0 Å². The molecule has 434 valence electrons. The SMILES string of the molecule is CCCCCC/C=C\C/C=C\CCCCCCCC(=O)OC(COC(=O)CCCCCCCCCCCCCCC)COC(=O)CCCCCCCCCCCCCCCCC/C=C\CCCCCCCCCC. The highest BCUT2D eigenvalue weighted by atomic mass is 16.6. The molecular formula is C68H126O6. The summed E-state index contributed by atoms with van der Waals surface area (Å²) < 4.78 is 16.9. The van der Waals surface area contributed by atoms with Crippen molar-refractivity contribution in [3.8, 4) is 0 Å². The van der Waals surface area contributed by atoms with Gasteiger partial charge in [-0.1, -0.05) is 301 Å². The van der Waals surface area contributed by atoms with Crippen LogP contribution in [-0.2, 0) is 28.6 Å². The van der Waals surface area contributed by atoms with E-state index in [4.69, 9.17) is 14.2 Å². The van der Waals surface area contributed by atoms with E-state index in [2.05, 4.69) is 57.2 Å². The highest BCUT2D eigenvalue weighted by Crippen LogP contribution is 2.17. The fourth-order valence-electron chi connectivity index (χ4n) is 9.88. The first-order valence-corrected chi connectivity index (χ1v) is 33.0. The number of unbranched alkanes of at least 4 members (excludes halogenated alkanes) is 44. The number of rotatable bonds is 61. The van der Waals surface area contributed by atoms with E-state index in [9.17, 15) is 14.4 Å². The van der Waals surface area contributed by atoms with Gasteiger partial charge in [-0.15, -0.1) is 0 Å². The molecule has 74 heavy (non-hydrogen) atoms. The van der Waals surface area contributed by atoms with E-state index in [1.165, 1.54) is 244 Å². The summed E-state index contributed by atoms with van der Waals surface area (Å²) in [5.41, 5.74) is 0. The molecule has 0 bridgehead atoms. The van der Waals surface area contributed by atoms with E-state index in [-0.39, 0.29) is 31.1 Å². The van der Waals surface area contributed by atoms with Crippen LogP contribution < -0.4 is 0 Å². The van der Waals surface area contributed by atoms with Crippen molar-refractivity contribution in [2.24, 2.45) is 0 Å². The number of hydrogen-bond acceptors (Lipinski definition) is 6. The van der Waals surface area contributed by atoms with Gasteiger partial charge in [0, 0.05) is 19.3 Å². The lowest BCUT2D eigenvalue weighted by Crippen LogP contribution is -2.30. The molecule has 0 radical (unpaired) electrons. The van der Waals surface area contributed by atoms with E-state index in [0.717, 1.165) is 77.0 Å². The second-order valence-corrected chi connectivity index (χ2v) is 22.4. The zero-order valence-electron chi connectivity index (χ0n) is 49.9. The Hall–Kier alpha value is -2.37. The van der Waals surface area contributed by atoms with Gasteiger partial charge in [-0.25, -0.2) is 0 Å². The zero-order valence-corrected chi connectivity index (χ0v) is 49.9. The zero-order chi connectivity index (χ0) is 53.6. The summed E-state index contributed by atoms with van der Waals surface area (Å²) in [6.07, 6.45) is 77.3. The molecule has 0 aliphatic rings. The maximum Gasteiger partial charge on any atom is 0.306 e. The predicted molar refractivity (Wildman–Crippen MR) is 321 cm³/mol. The highest BCUT2D eigenvalue weighted by Gasteiger charge is 2.19. The average molecular weight is 1040 g/mol. The smallest absolute Gasteiger partial charge is 0.306 e. The molecule has 0 aliphatic heterocycles. The predicted octanol–water partition coefficient (Wildman–Crippen LogP) is 22.4. The summed E-state index contributed by atoms with van der Waals surface area (Å²) in [4.78, 5) is 38.3. The Bertz CT molecular complexity index is 1240. The molecule has 0 fully saturated rings. The summed E-state index contributed by atoms with van der Waals surface area (Å²) in [5.74, 6) is -0.863. The molecule has 0 saturated carbocycles. The molecular weight excluding hydrogens is 913 g/mol. The lowest BCUT2D eigenvalue weighted by atomic mass is 10.0. The molecule has 6 heteroatoms. The molecule has 1 atom stereocenters. The number of hydrogen-bond donors (Lipinski definition) is 0. The maximum absolute atomic E-state index is 12.9. The fourth-order valence-corrected chi connectivity index (χ4v) is 9.88. The Morgan fingerprint density at radius 2 is 0.486 bits per heavy atom. The van der Waals surface area contributed by atoms with Gasteiger partial charge in [0.05, 0.1) is 0 Å². The van der Waals surface area contributed by atoms with Crippen LogP contribution >= 0.6 is 0 Å². The van der Waals surface area contributed by atoms with Gasteiger partial charge in [0.1, 0.15) is 13.2 Å². The van der Waals surface area contributed by atoms with Crippen molar-refractivity contribution in [2.75, 3.05) is 13.2 Å². The monoisotopic (exact) mass is 1040 g/mol. The van der Waals surface area contributed by atoms with E-state index in [1.54, 1.807) is 0 Å². The minimum absolute atomic E-state index is 0.0731. The lowest BCUT2D eigenvalue weighted by molar-refractivity contribution is -0.167. The first kappa shape index (κ1) is 71.6. The van der Waals surface area contributed by atoms with Gasteiger partial charge in [-0.2, -0.15) is 0 Å². The van der Waals surface area contributed by atoms with Gasteiger partial charge in [0.25, 0.3) is 0 Å². The van der Waals surface area contributed by atoms with Crippen LogP contribution in [0.4, 0.5) is 0 Å². The van der Waals surface area contributed by atoms with Crippen molar-refractivity contribution in [3.05, 3.63) is 36.5 Å². The van der Waals surface area contributed by atoms with E-state index >= 15 is 0 Å². The lowest BCUT2D eigenvalue weighted by Gasteiger charge is -2.18. The van der Waals surface area contributed by atoms with E-state index < -0.39 is 6.10 Å². The average Bonchev–Trinajstić information content (AvgIpc) is 3.40. The van der Waals surface area contributed by atoms with Crippen LogP contribution in [0, 0.1) is 0 Å². The Labute approximate surface area is 461 Å². The highest BCUT2D eigenvalue weighted by molar-refractivity contribution is 5.71. The van der Waals surface area contributed by atoms with Crippen molar-refractivity contribution in [1.29, 1.82) is 0 Å². The summed E-state index contributed by atoms with van der Waals surface area (Å²) in [6, 6.07) is 0. The second-order valence-electron chi connectivity index (χ2n) is 22.4. The van der Waals surface area contributed by atoms with Crippen molar-refractivity contribution >= 4 is 17.9 Å². The third-order valence-electron chi connectivity index (χ3n) is 14.9. The minimum Gasteiger partial charge on any atom is -0.462 e. The van der Waals surface area contributed by atoms with Crippen molar-refractivity contribution in [3.63, 3.8) is 0 Å². The standard InChI is InChI=1S/C68H126O6/c1-4-7-10-13-16-19-22-25-27-29-30-31-32-33-34-35-36-37-38-39-41-43-46-49-52-55-58-61-67(70)73-64-65(63-72-66(69)60-57-54-51-48-45-42-24-21-18-15-12-9-6-3)74-68(71)62-59-56-53-50-47-44-40-28-26-23-20-17-14-11-8-5-2/h20,23,28-30,40,65H,4-19,21-22,24-27,31-39,41-64H2,1-3H3/b23-20-,30-29-,40-28-. The first-order valence-electron chi connectivity index (χ1n) is 33.0. The summed E-state index contributed by atoms with van der Waals surface area (Å²) in [7, 11) is 0. The normalized spacial score (nSPS) is 12.2. The van der Waals surface area contributed by atoms with Gasteiger partial charge in [0.2, 0.25) is 0 Å². The van der Waals surface area contributed by atoms with Crippen LogP contribution in [-0.4, -0.2) is 37.2 Å². The van der Waals surface area contributed by atoms with Gasteiger partial charge in [-0.05, 0) is 77.0 Å². The third-order valence-corrected chi connectivity index (χ3v) is 14.9. The Morgan fingerprint density at radius 3 is 0.770 bits per heavy atom. The van der Waals surface area contributed by atoms with Gasteiger partial charge >= 0.3 is 17.9 Å². The molecule has 0 aromatic carbocycles. The fraction of sp³-hybridized carbons (Fsp3) is 0.868. The van der Waals surface area contributed by atoms with Gasteiger partial charge < -0.3 is 14.2 Å². The Morgan fingerprint density at radius 1 is 0.270 bits per heavy atom. The number of ether oxygens (including phenoxy) is 3. The number of esters is 3. The second kappa shape index (κ2) is 63.2.